The van der Waals surface area contributed by atoms with E-state index in [4.69, 9.17) is 5.73 Å². The third kappa shape index (κ3) is 3.92. The van der Waals surface area contributed by atoms with Crippen LogP contribution >= 0.6 is 0 Å². The van der Waals surface area contributed by atoms with Gasteiger partial charge in [-0.3, -0.25) is 4.90 Å². The van der Waals surface area contributed by atoms with Crippen molar-refractivity contribution in [3.8, 4) is 0 Å². The molecule has 3 nitrogen and oxygen atoms in total. The van der Waals surface area contributed by atoms with Crippen LogP contribution < -0.4 is 11.1 Å². The summed E-state index contributed by atoms with van der Waals surface area (Å²) in [4.78, 5) is 2.17. The maximum Gasteiger partial charge on any atom is 0.416 e. The number of hydrogen-bond donors (Lipinski definition) is 2. The molecule has 6 heteroatoms. The van der Waals surface area contributed by atoms with Crippen molar-refractivity contribution in [2.75, 3.05) is 32.7 Å². The maximum absolute atomic E-state index is 12.6. The van der Waals surface area contributed by atoms with Crippen LogP contribution in [0.2, 0.25) is 0 Å². The maximum atomic E-state index is 12.6. The Kier molecular flexibility index (Phi) is 4.44. The average Bonchev–Trinajstić information content (AvgIpc) is 2.39. The van der Waals surface area contributed by atoms with E-state index in [1.54, 1.807) is 6.07 Å². The van der Waals surface area contributed by atoms with Gasteiger partial charge in [0.15, 0.2) is 0 Å². The summed E-state index contributed by atoms with van der Waals surface area (Å²) in [5.41, 5.74) is 5.91. The molecule has 0 saturated carbocycles. The number of nitrogens with zero attached hydrogens (tertiary/aromatic N) is 1. The van der Waals surface area contributed by atoms with Crippen molar-refractivity contribution < 1.29 is 13.2 Å². The Morgan fingerprint density at radius 3 is 2.58 bits per heavy atom. The highest BCUT2D eigenvalue weighted by Gasteiger charge is 2.30. The lowest BCUT2D eigenvalue weighted by Gasteiger charge is -2.29. The Labute approximate surface area is 110 Å². The number of rotatable bonds is 3. The first-order valence-electron chi connectivity index (χ1n) is 6.32. The van der Waals surface area contributed by atoms with Crippen molar-refractivity contribution in [2.45, 2.75) is 12.2 Å². The molecular weight excluding hydrogens is 255 g/mol. The quantitative estimate of drug-likeness (QED) is 0.879. The van der Waals surface area contributed by atoms with Gasteiger partial charge < -0.3 is 11.1 Å². The summed E-state index contributed by atoms with van der Waals surface area (Å²) in [6.45, 7) is 4.15. The van der Waals surface area contributed by atoms with E-state index in [0.29, 0.717) is 12.1 Å². The van der Waals surface area contributed by atoms with Crippen molar-refractivity contribution >= 4 is 0 Å². The van der Waals surface area contributed by atoms with Crippen molar-refractivity contribution in [2.24, 2.45) is 5.73 Å². The number of piperazine rings is 1. The third-order valence-corrected chi connectivity index (χ3v) is 3.31. The average molecular weight is 273 g/mol. The van der Waals surface area contributed by atoms with Crippen molar-refractivity contribution in [1.29, 1.82) is 0 Å². The van der Waals surface area contributed by atoms with Crippen LogP contribution in [0.5, 0.6) is 0 Å². The van der Waals surface area contributed by atoms with Crippen LogP contribution in [0.1, 0.15) is 17.2 Å². The molecule has 0 aliphatic carbocycles. The minimum Gasteiger partial charge on any atom is -0.323 e. The highest BCUT2D eigenvalue weighted by atomic mass is 19.4. The number of benzene rings is 1. The topological polar surface area (TPSA) is 41.3 Å². The fourth-order valence-corrected chi connectivity index (χ4v) is 2.22. The Bertz CT molecular complexity index is 414. The fraction of sp³-hybridized carbons (Fsp3) is 0.538. The van der Waals surface area contributed by atoms with Crippen LogP contribution in [0.3, 0.4) is 0 Å². The first-order valence-corrected chi connectivity index (χ1v) is 6.32. The Balaban J connectivity index is 2.04. The molecule has 19 heavy (non-hydrogen) atoms. The molecule has 2 rings (SSSR count). The Hall–Kier alpha value is -1.11. The van der Waals surface area contributed by atoms with Crippen LogP contribution in [0.15, 0.2) is 24.3 Å². The van der Waals surface area contributed by atoms with E-state index < -0.39 is 11.7 Å². The number of halogens is 3. The molecule has 1 saturated heterocycles. The molecule has 1 atom stereocenters. The van der Waals surface area contributed by atoms with Gasteiger partial charge in [0.2, 0.25) is 0 Å². The molecule has 1 unspecified atom stereocenters. The first-order chi connectivity index (χ1) is 8.97. The highest BCUT2D eigenvalue weighted by molar-refractivity contribution is 5.28. The van der Waals surface area contributed by atoms with Crippen molar-refractivity contribution in [3.05, 3.63) is 35.4 Å². The third-order valence-electron chi connectivity index (χ3n) is 3.31. The zero-order chi connectivity index (χ0) is 13.9. The summed E-state index contributed by atoms with van der Waals surface area (Å²) >= 11 is 0. The lowest BCUT2D eigenvalue weighted by molar-refractivity contribution is -0.137. The second-order valence-electron chi connectivity index (χ2n) is 4.78. The SMILES string of the molecule is NC(CN1CCNCC1)c1cccc(C(F)(F)F)c1. The number of nitrogens with one attached hydrogen (secondary N) is 1. The molecule has 0 bridgehead atoms. The Morgan fingerprint density at radius 1 is 1.26 bits per heavy atom. The molecule has 3 N–H and O–H groups in total. The number of nitrogens with two attached hydrogens (primary N) is 1. The van der Waals surface area contributed by atoms with E-state index in [1.807, 2.05) is 0 Å². The smallest absolute Gasteiger partial charge is 0.323 e. The number of hydrogen-bond acceptors (Lipinski definition) is 3. The van der Waals surface area contributed by atoms with E-state index in [0.717, 1.165) is 38.3 Å². The van der Waals surface area contributed by atoms with Crippen LogP contribution in [0.4, 0.5) is 13.2 Å². The minimum absolute atomic E-state index is 0.389. The predicted octanol–water partition coefficient (Wildman–Crippen LogP) is 1.61. The van der Waals surface area contributed by atoms with Crippen LogP contribution in [0.25, 0.3) is 0 Å². The molecule has 0 radical (unpaired) electrons. The van der Waals surface area contributed by atoms with Gasteiger partial charge in [0.05, 0.1) is 5.56 Å². The van der Waals surface area contributed by atoms with E-state index in [9.17, 15) is 13.2 Å². The monoisotopic (exact) mass is 273 g/mol. The Morgan fingerprint density at radius 2 is 1.95 bits per heavy atom. The van der Waals surface area contributed by atoms with Gasteiger partial charge in [-0.15, -0.1) is 0 Å². The summed E-state index contributed by atoms with van der Waals surface area (Å²) in [6.07, 6.45) is -4.31. The molecule has 1 aromatic rings. The molecule has 1 aromatic carbocycles. The van der Waals surface area contributed by atoms with E-state index in [1.165, 1.54) is 6.07 Å². The van der Waals surface area contributed by atoms with Gasteiger partial charge in [0.1, 0.15) is 0 Å². The van der Waals surface area contributed by atoms with Gasteiger partial charge in [-0.05, 0) is 17.7 Å². The summed E-state index contributed by atoms with van der Waals surface area (Å²) < 4.78 is 37.9. The summed E-state index contributed by atoms with van der Waals surface area (Å²) in [5, 5.41) is 3.23. The molecular formula is C13H18F3N3. The summed E-state index contributed by atoms with van der Waals surface area (Å²) in [7, 11) is 0. The van der Waals surface area contributed by atoms with Crippen LogP contribution in [0, 0.1) is 0 Å². The van der Waals surface area contributed by atoms with E-state index in [-0.39, 0.29) is 6.04 Å². The minimum atomic E-state index is -4.31. The molecule has 1 aliphatic rings. The van der Waals surface area contributed by atoms with Gasteiger partial charge in [0, 0.05) is 38.8 Å². The molecule has 1 heterocycles. The number of alkyl halides is 3. The van der Waals surface area contributed by atoms with Crippen LogP contribution in [-0.4, -0.2) is 37.6 Å². The van der Waals surface area contributed by atoms with E-state index >= 15 is 0 Å². The van der Waals surface area contributed by atoms with Gasteiger partial charge in [-0.1, -0.05) is 12.1 Å². The standard InChI is InChI=1S/C13H18F3N3/c14-13(15,16)11-3-1-2-10(8-11)12(17)9-19-6-4-18-5-7-19/h1-3,8,12,18H,4-7,9,17H2. The first kappa shape index (κ1) is 14.3. The van der Waals surface area contributed by atoms with Crippen molar-refractivity contribution in [3.63, 3.8) is 0 Å². The summed E-state index contributed by atoms with van der Waals surface area (Å²) in [6, 6.07) is 4.89. The van der Waals surface area contributed by atoms with Gasteiger partial charge >= 0.3 is 6.18 Å². The second kappa shape index (κ2) is 5.90. The zero-order valence-electron chi connectivity index (χ0n) is 10.6. The molecule has 0 amide bonds. The summed E-state index contributed by atoms with van der Waals surface area (Å²) in [5.74, 6) is 0. The predicted molar refractivity (Wildman–Crippen MR) is 67.7 cm³/mol. The second-order valence-corrected chi connectivity index (χ2v) is 4.78. The van der Waals surface area contributed by atoms with Gasteiger partial charge in [-0.25, -0.2) is 0 Å². The molecule has 106 valence electrons. The lowest BCUT2D eigenvalue weighted by atomic mass is 10.0. The van der Waals surface area contributed by atoms with Gasteiger partial charge in [0.25, 0.3) is 0 Å². The molecule has 0 aromatic heterocycles. The molecule has 1 aliphatic heterocycles. The van der Waals surface area contributed by atoms with Crippen LogP contribution in [-0.2, 0) is 6.18 Å². The highest BCUT2D eigenvalue weighted by Crippen LogP contribution is 2.30. The zero-order valence-corrected chi connectivity index (χ0v) is 10.6. The van der Waals surface area contributed by atoms with Gasteiger partial charge in [-0.2, -0.15) is 13.2 Å². The molecule has 1 fully saturated rings. The van der Waals surface area contributed by atoms with E-state index in [2.05, 4.69) is 10.2 Å². The van der Waals surface area contributed by atoms with Crippen molar-refractivity contribution in [1.82, 2.24) is 10.2 Å². The normalized spacial score (nSPS) is 19.4. The lowest BCUT2D eigenvalue weighted by Crippen LogP contribution is -2.45. The largest absolute Gasteiger partial charge is 0.416 e. The molecule has 0 spiro atoms. The fourth-order valence-electron chi connectivity index (χ4n) is 2.22.